The van der Waals surface area contributed by atoms with E-state index in [4.69, 9.17) is 4.74 Å². The SMILES string of the molecule is SCCCNCC1CCCO1. The van der Waals surface area contributed by atoms with E-state index in [0.717, 1.165) is 31.9 Å². The molecule has 11 heavy (non-hydrogen) atoms. The van der Waals surface area contributed by atoms with Gasteiger partial charge < -0.3 is 10.1 Å². The predicted octanol–water partition coefficient (Wildman–Crippen LogP) is 1.07. The maximum Gasteiger partial charge on any atom is 0.0700 e. The molecule has 0 aromatic carbocycles. The molecule has 0 bridgehead atoms. The Morgan fingerprint density at radius 3 is 3.09 bits per heavy atom. The highest BCUT2D eigenvalue weighted by Gasteiger charge is 2.13. The average molecular weight is 175 g/mol. The maximum absolute atomic E-state index is 5.45. The third-order valence-electron chi connectivity index (χ3n) is 1.91. The van der Waals surface area contributed by atoms with Crippen LogP contribution in [0.25, 0.3) is 0 Å². The molecular formula is C8H17NOS. The van der Waals surface area contributed by atoms with E-state index in [1.54, 1.807) is 0 Å². The van der Waals surface area contributed by atoms with Gasteiger partial charge in [-0.1, -0.05) is 0 Å². The quantitative estimate of drug-likeness (QED) is 0.482. The summed E-state index contributed by atoms with van der Waals surface area (Å²) in [5, 5.41) is 3.35. The van der Waals surface area contributed by atoms with E-state index in [9.17, 15) is 0 Å². The van der Waals surface area contributed by atoms with Gasteiger partial charge in [0.05, 0.1) is 6.10 Å². The zero-order chi connectivity index (χ0) is 7.94. The molecule has 0 aromatic rings. The van der Waals surface area contributed by atoms with Gasteiger partial charge in [-0.25, -0.2) is 0 Å². The van der Waals surface area contributed by atoms with Gasteiger partial charge in [0.1, 0.15) is 0 Å². The highest BCUT2D eigenvalue weighted by Crippen LogP contribution is 2.10. The summed E-state index contributed by atoms with van der Waals surface area (Å²) in [7, 11) is 0. The molecule has 1 N–H and O–H groups in total. The van der Waals surface area contributed by atoms with Gasteiger partial charge in [-0.2, -0.15) is 12.6 Å². The molecule has 1 saturated heterocycles. The number of hydrogen-bond donors (Lipinski definition) is 2. The fourth-order valence-electron chi connectivity index (χ4n) is 1.27. The Morgan fingerprint density at radius 1 is 1.55 bits per heavy atom. The van der Waals surface area contributed by atoms with Gasteiger partial charge in [0.2, 0.25) is 0 Å². The van der Waals surface area contributed by atoms with E-state index in [0.29, 0.717) is 6.10 Å². The Bertz CT molecular complexity index is 94.1. The van der Waals surface area contributed by atoms with Gasteiger partial charge >= 0.3 is 0 Å². The summed E-state index contributed by atoms with van der Waals surface area (Å²) in [4.78, 5) is 0. The number of nitrogens with one attached hydrogen (secondary N) is 1. The molecule has 66 valence electrons. The first kappa shape index (κ1) is 9.36. The lowest BCUT2D eigenvalue weighted by Gasteiger charge is -2.09. The number of hydrogen-bond acceptors (Lipinski definition) is 3. The smallest absolute Gasteiger partial charge is 0.0700 e. The highest BCUT2D eigenvalue weighted by atomic mass is 32.1. The van der Waals surface area contributed by atoms with Crippen LogP contribution in [-0.4, -0.2) is 31.6 Å². The second kappa shape index (κ2) is 5.86. The minimum Gasteiger partial charge on any atom is -0.377 e. The molecule has 1 fully saturated rings. The third kappa shape index (κ3) is 3.99. The van der Waals surface area contributed by atoms with Crippen molar-refractivity contribution in [3.8, 4) is 0 Å². The number of ether oxygens (including phenoxy) is 1. The molecule has 0 spiro atoms. The molecule has 2 nitrogen and oxygen atoms in total. The lowest BCUT2D eigenvalue weighted by atomic mass is 10.2. The molecule has 3 heteroatoms. The van der Waals surface area contributed by atoms with Crippen LogP contribution in [0.5, 0.6) is 0 Å². The topological polar surface area (TPSA) is 21.3 Å². The van der Waals surface area contributed by atoms with Crippen molar-refractivity contribution in [1.82, 2.24) is 5.32 Å². The summed E-state index contributed by atoms with van der Waals surface area (Å²) in [6.45, 7) is 3.05. The monoisotopic (exact) mass is 175 g/mol. The van der Waals surface area contributed by atoms with Crippen LogP contribution in [0, 0.1) is 0 Å². The molecule has 0 radical (unpaired) electrons. The average Bonchev–Trinajstić information content (AvgIpc) is 2.50. The van der Waals surface area contributed by atoms with E-state index in [-0.39, 0.29) is 0 Å². The first-order chi connectivity index (χ1) is 5.43. The van der Waals surface area contributed by atoms with Gasteiger partial charge in [-0.05, 0) is 31.6 Å². The zero-order valence-corrected chi connectivity index (χ0v) is 7.78. The van der Waals surface area contributed by atoms with Crippen molar-refractivity contribution < 1.29 is 4.74 Å². The van der Waals surface area contributed by atoms with E-state index >= 15 is 0 Å². The van der Waals surface area contributed by atoms with Crippen molar-refractivity contribution in [2.45, 2.75) is 25.4 Å². The van der Waals surface area contributed by atoms with E-state index < -0.39 is 0 Å². The second-order valence-electron chi connectivity index (χ2n) is 2.92. The van der Waals surface area contributed by atoms with E-state index in [1.807, 2.05) is 0 Å². The summed E-state index contributed by atoms with van der Waals surface area (Å²) in [6.07, 6.45) is 4.10. The van der Waals surface area contributed by atoms with Crippen molar-refractivity contribution >= 4 is 12.6 Å². The third-order valence-corrected chi connectivity index (χ3v) is 2.22. The van der Waals surface area contributed by atoms with Crippen molar-refractivity contribution in [2.75, 3.05) is 25.4 Å². The minimum absolute atomic E-state index is 0.481. The van der Waals surface area contributed by atoms with Gasteiger partial charge in [0.15, 0.2) is 0 Å². The van der Waals surface area contributed by atoms with Crippen LogP contribution in [0.15, 0.2) is 0 Å². The van der Waals surface area contributed by atoms with Crippen LogP contribution >= 0.6 is 12.6 Å². The molecule has 1 heterocycles. The van der Waals surface area contributed by atoms with Crippen molar-refractivity contribution in [3.63, 3.8) is 0 Å². The molecule has 1 rings (SSSR count). The van der Waals surface area contributed by atoms with Crippen LogP contribution in [-0.2, 0) is 4.74 Å². The minimum atomic E-state index is 0.481. The largest absolute Gasteiger partial charge is 0.377 e. The van der Waals surface area contributed by atoms with Crippen LogP contribution in [0.2, 0.25) is 0 Å². The van der Waals surface area contributed by atoms with Gasteiger partial charge in [-0.3, -0.25) is 0 Å². The molecular weight excluding hydrogens is 158 g/mol. The Hall–Kier alpha value is 0.270. The molecule has 0 saturated carbocycles. The molecule has 1 aliphatic heterocycles. The highest BCUT2D eigenvalue weighted by molar-refractivity contribution is 7.80. The molecule has 0 aromatic heterocycles. The summed E-state index contributed by atoms with van der Waals surface area (Å²) < 4.78 is 5.45. The second-order valence-corrected chi connectivity index (χ2v) is 3.36. The van der Waals surface area contributed by atoms with Crippen molar-refractivity contribution in [3.05, 3.63) is 0 Å². The first-order valence-corrected chi connectivity index (χ1v) is 5.00. The van der Waals surface area contributed by atoms with Crippen LogP contribution in [0.3, 0.4) is 0 Å². The Morgan fingerprint density at radius 2 is 2.45 bits per heavy atom. The van der Waals surface area contributed by atoms with Crippen LogP contribution in [0.4, 0.5) is 0 Å². The fraction of sp³-hybridized carbons (Fsp3) is 1.00. The molecule has 1 unspecified atom stereocenters. The Balaban J connectivity index is 1.86. The van der Waals surface area contributed by atoms with Gasteiger partial charge in [0, 0.05) is 13.2 Å². The van der Waals surface area contributed by atoms with Crippen molar-refractivity contribution in [1.29, 1.82) is 0 Å². The van der Waals surface area contributed by atoms with Crippen LogP contribution in [0.1, 0.15) is 19.3 Å². The summed E-state index contributed by atoms with van der Waals surface area (Å²) in [6, 6.07) is 0. The molecule has 0 amide bonds. The lowest BCUT2D eigenvalue weighted by molar-refractivity contribution is 0.110. The van der Waals surface area contributed by atoms with Gasteiger partial charge in [0.25, 0.3) is 0 Å². The van der Waals surface area contributed by atoms with Gasteiger partial charge in [-0.15, -0.1) is 0 Å². The fourth-order valence-corrected chi connectivity index (χ4v) is 1.43. The predicted molar refractivity (Wildman–Crippen MR) is 50.3 cm³/mol. The summed E-state index contributed by atoms with van der Waals surface area (Å²) >= 11 is 4.13. The number of rotatable bonds is 5. The Kier molecular flexibility index (Phi) is 4.99. The Labute approximate surface area is 74.1 Å². The molecule has 0 aliphatic carbocycles. The summed E-state index contributed by atoms with van der Waals surface area (Å²) in [5.74, 6) is 0.971. The standard InChI is InChI=1S/C8H17NOS/c11-6-2-4-9-7-8-3-1-5-10-8/h8-9,11H,1-7H2. The normalized spacial score (nSPS) is 24.3. The lowest BCUT2D eigenvalue weighted by Crippen LogP contribution is -2.27. The van der Waals surface area contributed by atoms with E-state index in [1.165, 1.54) is 12.8 Å². The first-order valence-electron chi connectivity index (χ1n) is 4.36. The maximum atomic E-state index is 5.45. The zero-order valence-electron chi connectivity index (χ0n) is 6.88. The summed E-state index contributed by atoms with van der Waals surface area (Å²) in [5.41, 5.74) is 0. The molecule has 1 aliphatic rings. The van der Waals surface area contributed by atoms with Crippen LogP contribution < -0.4 is 5.32 Å². The van der Waals surface area contributed by atoms with E-state index in [2.05, 4.69) is 17.9 Å². The molecule has 1 atom stereocenters. The van der Waals surface area contributed by atoms with Crippen molar-refractivity contribution in [2.24, 2.45) is 0 Å². The number of thiol groups is 1.